The van der Waals surface area contributed by atoms with E-state index in [2.05, 4.69) is 171 Å². The molecule has 0 amide bonds. The molecule has 1 fully saturated rings. The molecule has 1 saturated heterocycles. The van der Waals surface area contributed by atoms with E-state index in [0.29, 0.717) is 11.8 Å². The molecular weight excluding hydrogens is 753 g/mol. The predicted octanol–water partition coefficient (Wildman–Crippen LogP) is 10.3. The minimum atomic E-state index is -3.85. The number of para-hydroxylation sites is 3. The van der Waals surface area contributed by atoms with Gasteiger partial charge < -0.3 is 0 Å². The third-order valence-corrected chi connectivity index (χ3v) is 23.4. The Morgan fingerprint density at radius 1 is 0.562 bits per heavy atom. The summed E-state index contributed by atoms with van der Waals surface area (Å²) >= 11 is -3.85. The van der Waals surface area contributed by atoms with Crippen LogP contribution in [0.25, 0.3) is 0 Å². The zero-order valence-electron chi connectivity index (χ0n) is 29.1. The Kier molecular flexibility index (Phi) is 11.0. The van der Waals surface area contributed by atoms with Crippen molar-refractivity contribution >= 4 is 17.3 Å². The Bertz CT molecular complexity index is 1680. The van der Waals surface area contributed by atoms with Crippen LogP contribution in [0.4, 0.5) is 11.4 Å². The van der Waals surface area contributed by atoms with E-state index in [1.807, 2.05) is 0 Å². The van der Waals surface area contributed by atoms with Crippen molar-refractivity contribution in [1.29, 1.82) is 0 Å². The number of hydrogen-bond acceptors (Lipinski definition) is 2. The van der Waals surface area contributed by atoms with Crippen LogP contribution in [0.5, 0.6) is 5.75 Å². The summed E-state index contributed by atoms with van der Waals surface area (Å²) in [6.45, 7) is 11.0. The molecule has 5 aromatic carbocycles. The predicted molar refractivity (Wildman–Crippen MR) is 200 cm³/mol. The average molecular weight is 802 g/mol. The van der Waals surface area contributed by atoms with E-state index in [1.54, 1.807) is 7.11 Å². The van der Waals surface area contributed by atoms with E-state index in [1.165, 1.54) is 33.5 Å². The van der Waals surface area contributed by atoms with Crippen molar-refractivity contribution in [3.63, 3.8) is 0 Å². The first-order chi connectivity index (χ1) is 23.4. The number of methoxy groups -OCH3 is 1. The molecule has 0 radical (unpaired) electrons. The van der Waals surface area contributed by atoms with Gasteiger partial charge in [0.25, 0.3) is 0 Å². The molecule has 1 heterocycles. The molecule has 0 bridgehead atoms. The van der Waals surface area contributed by atoms with Crippen molar-refractivity contribution in [2.75, 3.05) is 30.0 Å². The Morgan fingerprint density at radius 2 is 1.00 bits per heavy atom. The summed E-state index contributed by atoms with van der Waals surface area (Å²) < 4.78 is 15.4. The number of rotatable bonds is 12. The van der Waals surface area contributed by atoms with E-state index < -0.39 is 20.3 Å². The molecule has 48 heavy (non-hydrogen) atoms. The van der Waals surface area contributed by atoms with Gasteiger partial charge in [-0.25, -0.2) is 0 Å². The average Bonchev–Trinajstić information content (AvgIpc) is 3.51. The summed E-state index contributed by atoms with van der Waals surface area (Å²) in [5.41, 5.74) is 9.33. The zero-order valence-corrected chi connectivity index (χ0v) is 32.7. The van der Waals surface area contributed by atoms with Crippen molar-refractivity contribution in [1.82, 2.24) is 0 Å². The van der Waals surface area contributed by atoms with Gasteiger partial charge in [0.2, 0.25) is 0 Å². The monoisotopic (exact) mass is 803 g/mol. The molecule has 5 aromatic rings. The van der Waals surface area contributed by atoms with Crippen molar-refractivity contribution < 1.29 is 25.0 Å². The number of anilines is 2. The molecule has 6 rings (SSSR count). The Morgan fingerprint density at radius 3 is 1.46 bits per heavy atom. The quantitative estimate of drug-likeness (QED) is 0.118. The number of benzene rings is 5. The number of guanidine groups is 1. The SMILES string of the molecule is COc1ccccc1N1CCN(c2c(C(C)C)cccc2C(C)C)/C1=[N]/[Hf]([CH2]c1ccccc1)([CH2]c1ccccc1)[CH2]c1ccccc1. The molecule has 0 saturated carbocycles. The Balaban J connectivity index is 1.63. The third-order valence-electron chi connectivity index (χ3n) is 9.48. The van der Waals surface area contributed by atoms with Crippen LogP contribution in [-0.4, -0.2) is 26.2 Å². The van der Waals surface area contributed by atoms with Gasteiger partial charge in [0.05, 0.1) is 0 Å². The second kappa shape index (κ2) is 15.5. The summed E-state index contributed by atoms with van der Waals surface area (Å²) in [7, 11) is 1.78. The molecule has 0 spiro atoms. The van der Waals surface area contributed by atoms with Gasteiger partial charge in [-0.1, -0.05) is 0 Å². The van der Waals surface area contributed by atoms with E-state index in [4.69, 9.17) is 7.72 Å². The molecule has 0 atom stereocenters. The van der Waals surface area contributed by atoms with Crippen LogP contribution < -0.4 is 14.5 Å². The summed E-state index contributed by atoms with van der Waals surface area (Å²) in [6.07, 6.45) is 0. The molecule has 0 aliphatic carbocycles. The number of nitrogens with zero attached hydrogens (tertiary/aromatic N) is 3. The maximum absolute atomic E-state index is 6.32. The normalized spacial score (nSPS) is 14.4. The molecule has 4 nitrogen and oxygen atoms in total. The van der Waals surface area contributed by atoms with Gasteiger partial charge in [-0.3, -0.25) is 0 Å². The van der Waals surface area contributed by atoms with Crippen LogP contribution >= 0.6 is 0 Å². The van der Waals surface area contributed by atoms with Crippen LogP contribution in [0.1, 0.15) is 67.3 Å². The van der Waals surface area contributed by atoms with E-state index in [0.717, 1.165) is 43.0 Å². The number of ether oxygens (including phenoxy) is 1. The molecule has 0 N–H and O–H groups in total. The van der Waals surface area contributed by atoms with Crippen LogP contribution in [0.3, 0.4) is 0 Å². The van der Waals surface area contributed by atoms with Gasteiger partial charge in [0, 0.05) is 0 Å². The molecule has 1 aliphatic heterocycles. The Hall–Kier alpha value is -3.96. The van der Waals surface area contributed by atoms with Crippen molar-refractivity contribution in [2.45, 2.75) is 52.1 Å². The molecule has 246 valence electrons. The molecule has 0 unspecified atom stereocenters. The zero-order chi connectivity index (χ0) is 33.5. The topological polar surface area (TPSA) is 28.1 Å². The van der Waals surface area contributed by atoms with E-state index in [9.17, 15) is 0 Å². The summed E-state index contributed by atoms with van der Waals surface area (Å²) in [6, 6.07) is 48.6. The minimum absolute atomic E-state index is 0.382. The molecule has 0 aromatic heterocycles. The van der Waals surface area contributed by atoms with Crippen LogP contribution in [-0.2, 0) is 32.8 Å². The first-order valence-corrected chi connectivity index (χ1v) is 26.6. The standard InChI is InChI=1S/C22H28N3O.3C7H7.Hf/c1-15(2)17-9-8-10-18(16(3)4)21(17)25-14-13-24(22(25)23)19-11-6-7-12-20(19)26-5;3*1-7-5-3-2-4-6-7;/h6-12,15-16H,13-14H2,1-5H3;3*2-6H,1H2;/q-1;;;;+1. The van der Waals surface area contributed by atoms with Crippen molar-refractivity contribution in [3.8, 4) is 5.75 Å². The van der Waals surface area contributed by atoms with Gasteiger partial charge in [-0.05, 0) is 0 Å². The molecule has 1 aliphatic rings. The van der Waals surface area contributed by atoms with Gasteiger partial charge in [-0.2, -0.15) is 0 Å². The Labute approximate surface area is 292 Å². The summed E-state index contributed by atoms with van der Waals surface area (Å²) in [4.78, 5) is 5.03. The fourth-order valence-corrected chi connectivity index (χ4v) is 22.6. The van der Waals surface area contributed by atoms with Gasteiger partial charge in [0.15, 0.2) is 0 Å². The number of hydrogen-bond donors (Lipinski definition) is 0. The van der Waals surface area contributed by atoms with Gasteiger partial charge in [-0.15, -0.1) is 0 Å². The van der Waals surface area contributed by atoms with Crippen molar-refractivity contribution in [2.24, 2.45) is 2.98 Å². The van der Waals surface area contributed by atoms with Gasteiger partial charge in [0.1, 0.15) is 0 Å². The van der Waals surface area contributed by atoms with E-state index in [-0.39, 0.29) is 0 Å². The fourth-order valence-electron chi connectivity index (χ4n) is 7.23. The molecular formula is C43H49HfN3O. The summed E-state index contributed by atoms with van der Waals surface area (Å²) in [5.74, 6) is 2.73. The van der Waals surface area contributed by atoms with Crippen LogP contribution in [0, 0.1) is 0 Å². The third kappa shape index (κ3) is 7.68. The first-order valence-electron chi connectivity index (χ1n) is 17.4. The maximum atomic E-state index is 6.32. The second-order valence-electron chi connectivity index (χ2n) is 13.7. The van der Waals surface area contributed by atoms with Crippen molar-refractivity contribution in [3.05, 3.63) is 161 Å². The van der Waals surface area contributed by atoms with E-state index >= 15 is 0 Å². The summed E-state index contributed by atoms with van der Waals surface area (Å²) in [5, 5.41) is 0. The fraction of sp³-hybridized carbons (Fsp3) is 0.279. The van der Waals surface area contributed by atoms with Gasteiger partial charge >= 0.3 is 294 Å². The van der Waals surface area contributed by atoms with Crippen LogP contribution in [0.2, 0.25) is 0 Å². The first kappa shape index (κ1) is 33.9. The van der Waals surface area contributed by atoms with Crippen LogP contribution in [0.15, 0.2) is 136 Å². The second-order valence-corrected chi connectivity index (χ2v) is 27.1. The molecule has 5 heteroatoms.